The van der Waals surface area contributed by atoms with Crippen LogP contribution in [0.1, 0.15) is 21.7 Å². The van der Waals surface area contributed by atoms with Gasteiger partial charge in [-0.15, -0.1) is 0 Å². The molecule has 0 bridgehead atoms. The lowest BCUT2D eigenvalue weighted by atomic mass is 10.2. The van der Waals surface area contributed by atoms with Gasteiger partial charge in [-0.1, -0.05) is 0 Å². The van der Waals surface area contributed by atoms with Gasteiger partial charge in [-0.25, -0.2) is 14.2 Å². The number of aromatic nitrogens is 3. The molecule has 7 heteroatoms. The molecule has 2 aromatic heterocycles. The minimum Gasteiger partial charge on any atom is -0.478 e. The van der Waals surface area contributed by atoms with Gasteiger partial charge in [-0.2, -0.15) is 0 Å². The molecule has 0 spiro atoms. The molecular weight excluding hydrogens is 251 g/mol. The van der Waals surface area contributed by atoms with Crippen LogP contribution in [0.3, 0.4) is 0 Å². The Morgan fingerprint density at radius 2 is 2.16 bits per heavy atom. The number of carbonyl (C=O) groups is 1. The van der Waals surface area contributed by atoms with Gasteiger partial charge in [-0.05, 0) is 13.0 Å². The van der Waals surface area contributed by atoms with Gasteiger partial charge in [0.2, 0.25) is 0 Å². The molecule has 2 aromatic rings. The van der Waals surface area contributed by atoms with Crippen LogP contribution < -0.4 is 5.32 Å². The second-order valence-corrected chi connectivity index (χ2v) is 3.83. The number of carboxylic acid groups (broad SMARTS) is 1. The average molecular weight is 262 g/mol. The van der Waals surface area contributed by atoms with E-state index in [1.165, 1.54) is 6.20 Å². The van der Waals surface area contributed by atoms with Crippen LogP contribution in [0.5, 0.6) is 0 Å². The highest BCUT2D eigenvalue weighted by molar-refractivity contribution is 5.88. The third-order valence-corrected chi connectivity index (χ3v) is 2.39. The maximum atomic E-state index is 13.7. The molecule has 0 radical (unpaired) electrons. The van der Waals surface area contributed by atoms with Crippen molar-refractivity contribution in [3.63, 3.8) is 0 Å². The monoisotopic (exact) mass is 262 g/mol. The molecule has 0 saturated heterocycles. The van der Waals surface area contributed by atoms with Crippen molar-refractivity contribution in [3.8, 4) is 0 Å². The number of hydrogen-bond donors (Lipinski definition) is 2. The zero-order valence-corrected chi connectivity index (χ0v) is 10.1. The Labute approximate surface area is 108 Å². The third-order valence-electron chi connectivity index (χ3n) is 2.39. The van der Waals surface area contributed by atoms with Gasteiger partial charge in [0.05, 0.1) is 24.1 Å². The smallest absolute Gasteiger partial charge is 0.338 e. The SMILES string of the molecule is Cc1cnc(CNc2nccc(C(=O)O)c2F)cn1. The molecule has 0 atom stereocenters. The zero-order valence-electron chi connectivity index (χ0n) is 10.1. The van der Waals surface area contributed by atoms with Gasteiger partial charge in [-0.3, -0.25) is 9.97 Å². The second-order valence-electron chi connectivity index (χ2n) is 3.83. The summed E-state index contributed by atoms with van der Waals surface area (Å²) in [4.78, 5) is 22.7. The zero-order chi connectivity index (χ0) is 13.8. The minimum absolute atomic E-state index is 0.123. The summed E-state index contributed by atoms with van der Waals surface area (Å²) in [6.45, 7) is 2.02. The Balaban J connectivity index is 2.13. The fraction of sp³-hybridized carbons (Fsp3) is 0.167. The maximum Gasteiger partial charge on any atom is 0.338 e. The Bertz CT molecular complexity index is 601. The van der Waals surface area contributed by atoms with E-state index < -0.39 is 17.3 Å². The van der Waals surface area contributed by atoms with Crippen molar-refractivity contribution in [1.82, 2.24) is 15.0 Å². The quantitative estimate of drug-likeness (QED) is 0.870. The largest absolute Gasteiger partial charge is 0.478 e. The lowest BCUT2D eigenvalue weighted by molar-refractivity contribution is 0.0692. The topological polar surface area (TPSA) is 88.0 Å². The summed E-state index contributed by atoms with van der Waals surface area (Å²) in [5, 5.41) is 11.5. The van der Waals surface area contributed by atoms with Crippen molar-refractivity contribution in [2.24, 2.45) is 0 Å². The molecule has 0 unspecified atom stereocenters. The predicted molar refractivity (Wildman–Crippen MR) is 65.3 cm³/mol. The molecule has 2 rings (SSSR count). The second kappa shape index (κ2) is 5.38. The summed E-state index contributed by atoms with van der Waals surface area (Å²) in [6.07, 6.45) is 4.38. The summed E-state index contributed by atoms with van der Waals surface area (Å²) < 4.78 is 13.7. The highest BCUT2D eigenvalue weighted by Crippen LogP contribution is 2.15. The van der Waals surface area contributed by atoms with E-state index in [1.807, 2.05) is 6.92 Å². The van der Waals surface area contributed by atoms with Gasteiger partial charge < -0.3 is 10.4 Å². The Kier molecular flexibility index (Phi) is 3.65. The molecule has 0 fully saturated rings. The Morgan fingerprint density at radius 1 is 1.37 bits per heavy atom. The van der Waals surface area contributed by atoms with E-state index in [0.717, 1.165) is 11.8 Å². The summed E-state index contributed by atoms with van der Waals surface area (Å²) in [5.41, 5.74) is 0.959. The fourth-order valence-corrected chi connectivity index (χ4v) is 1.42. The number of nitrogens with zero attached hydrogens (tertiary/aromatic N) is 3. The van der Waals surface area contributed by atoms with Gasteiger partial charge >= 0.3 is 5.97 Å². The van der Waals surface area contributed by atoms with Crippen molar-refractivity contribution >= 4 is 11.8 Å². The third kappa shape index (κ3) is 3.01. The number of nitrogens with one attached hydrogen (secondary N) is 1. The summed E-state index contributed by atoms with van der Waals surface area (Å²) in [7, 11) is 0. The highest BCUT2D eigenvalue weighted by Gasteiger charge is 2.14. The van der Waals surface area contributed by atoms with Crippen LogP contribution in [-0.4, -0.2) is 26.0 Å². The standard InChI is InChI=1S/C12H11FN4O2/c1-7-4-16-8(5-15-7)6-17-11-10(13)9(12(18)19)2-3-14-11/h2-5H,6H2,1H3,(H,14,17)(H,18,19). The first kappa shape index (κ1) is 12.9. The molecule has 98 valence electrons. The first-order chi connectivity index (χ1) is 9.08. The van der Waals surface area contributed by atoms with Crippen LogP contribution in [-0.2, 0) is 6.54 Å². The molecule has 6 nitrogen and oxygen atoms in total. The van der Waals surface area contributed by atoms with E-state index in [1.54, 1.807) is 12.4 Å². The molecule has 0 aliphatic heterocycles. The van der Waals surface area contributed by atoms with Gasteiger partial charge in [0, 0.05) is 12.4 Å². The van der Waals surface area contributed by atoms with Crippen molar-refractivity contribution in [3.05, 3.63) is 47.4 Å². The minimum atomic E-state index is -1.34. The van der Waals surface area contributed by atoms with E-state index >= 15 is 0 Å². The number of anilines is 1. The maximum absolute atomic E-state index is 13.7. The average Bonchev–Trinajstić information content (AvgIpc) is 2.39. The van der Waals surface area contributed by atoms with Crippen molar-refractivity contribution in [2.75, 3.05) is 5.32 Å². The summed E-state index contributed by atoms with van der Waals surface area (Å²) in [6, 6.07) is 1.11. The predicted octanol–water partition coefficient (Wildman–Crippen LogP) is 1.63. The Morgan fingerprint density at radius 3 is 2.79 bits per heavy atom. The van der Waals surface area contributed by atoms with Crippen LogP contribution in [0.25, 0.3) is 0 Å². The van der Waals surface area contributed by atoms with Crippen LogP contribution in [0, 0.1) is 12.7 Å². The summed E-state index contributed by atoms with van der Waals surface area (Å²) in [5.74, 6) is -2.35. The molecule has 0 aromatic carbocycles. The van der Waals surface area contributed by atoms with Crippen LogP contribution >= 0.6 is 0 Å². The molecule has 0 saturated carbocycles. The molecule has 19 heavy (non-hydrogen) atoms. The van der Waals surface area contributed by atoms with Crippen molar-refractivity contribution in [2.45, 2.75) is 13.5 Å². The number of carboxylic acids is 1. The normalized spacial score (nSPS) is 10.2. The van der Waals surface area contributed by atoms with E-state index in [-0.39, 0.29) is 12.4 Å². The highest BCUT2D eigenvalue weighted by atomic mass is 19.1. The van der Waals surface area contributed by atoms with Gasteiger partial charge in [0.25, 0.3) is 0 Å². The molecule has 0 aliphatic carbocycles. The molecule has 0 amide bonds. The first-order valence-electron chi connectivity index (χ1n) is 5.47. The van der Waals surface area contributed by atoms with Crippen LogP contribution in [0.2, 0.25) is 0 Å². The van der Waals surface area contributed by atoms with Crippen molar-refractivity contribution < 1.29 is 14.3 Å². The van der Waals surface area contributed by atoms with Gasteiger partial charge in [0.1, 0.15) is 5.56 Å². The lowest BCUT2D eigenvalue weighted by Gasteiger charge is -2.07. The lowest BCUT2D eigenvalue weighted by Crippen LogP contribution is -2.09. The molecule has 2 N–H and O–H groups in total. The molecule has 2 heterocycles. The first-order valence-corrected chi connectivity index (χ1v) is 5.47. The van der Waals surface area contributed by atoms with Crippen LogP contribution in [0.4, 0.5) is 10.2 Å². The fourth-order valence-electron chi connectivity index (χ4n) is 1.42. The number of aromatic carboxylic acids is 1. The van der Waals surface area contributed by atoms with Crippen LogP contribution in [0.15, 0.2) is 24.7 Å². The van der Waals surface area contributed by atoms with E-state index in [9.17, 15) is 9.18 Å². The number of aryl methyl sites for hydroxylation is 1. The Hall–Kier alpha value is -2.57. The number of hydrogen-bond acceptors (Lipinski definition) is 5. The number of rotatable bonds is 4. The number of pyridine rings is 1. The van der Waals surface area contributed by atoms with E-state index in [4.69, 9.17) is 5.11 Å². The summed E-state index contributed by atoms with van der Waals surface area (Å²) >= 11 is 0. The molecular formula is C12H11FN4O2. The van der Waals surface area contributed by atoms with Gasteiger partial charge in [0.15, 0.2) is 11.6 Å². The van der Waals surface area contributed by atoms with E-state index in [0.29, 0.717) is 5.69 Å². The van der Waals surface area contributed by atoms with Crippen molar-refractivity contribution in [1.29, 1.82) is 0 Å². The van der Waals surface area contributed by atoms with E-state index in [2.05, 4.69) is 20.3 Å². The number of halogens is 1. The molecule has 0 aliphatic rings.